The lowest BCUT2D eigenvalue weighted by Gasteiger charge is -2.17. The third kappa shape index (κ3) is 5.52. The van der Waals surface area contributed by atoms with Crippen molar-refractivity contribution in [2.75, 3.05) is 0 Å². The molecule has 4 nitrogen and oxygen atoms in total. The normalized spacial score (nSPS) is 11.8. The Balaban J connectivity index is 1.36. The molecular weight excluding hydrogens is 623 g/mol. The molecule has 0 atom stereocenters. The van der Waals surface area contributed by atoms with Crippen molar-refractivity contribution in [1.29, 1.82) is 0 Å². The van der Waals surface area contributed by atoms with Crippen LogP contribution in [-0.2, 0) is 12.8 Å². The smallest absolute Gasteiger partial charge is 0.164 e. The minimum absolute atomic E-state index is 0.658. The van der Waals surface area contributed by atoms with Crippen LogP contribution < -0.4 is 0 Å². The Morgan fingerprint density at radius 3 is 1.53 bits per heavy atom. The molecule has 248 valence electrons. The van der Waals surface area contributed by atoms with Gasteiger partial charge < -0.3 is 4.42 Å². The predicted molar refractivity (Wildman–Crippen MR) is 213 cm³/mol. The SMILES string of the molecule is CCCCc1cc2c3cc(-c4nc(-c5ccccc5)nc(-c5ccccc5)n4)ccc3c3c(ccc4c5ccccc5oc43)c2cc1CCCC. The number of aryl methyl sites for hydroxylation is 2. The summed E-state index contributed by atoms with van der Waals surface area (Å²) in [7, 11) is 0. The fourth-order valence-electron chi connectivity index (χ4n) is 7.68. The van der Waals surface area contributed by atoms with Crippen LogP contribution in [0.1, 0.15) is 50.7 Å². The van der Waals surface area contributed by atoms with Crippen LogP contribution in [0, 0.1) is 0 Å². The van der Waals surface area contributed by atoms with Gasteiger partial charge in [-0.1, -0.05) is 136 Å². The van der Waals surface area contributed by atoms with Gasteiger partial charge in [-0.15, -0.1) is 0 Å². The van der Waals surface area contributed by atoms with Crippen LogP contribution in [0.4, 0.5) is 0 Å². The fraction of sp³-hybridized carbons (Fsp3) is 0.170. The number of fused-ring (bicyclic) bond motifs is 10. The van der Waals surface area contributed by atoms with Crippen molar-refractivity contribution in [3.63, 3.8) is 0 Å². The number of hydrogen-bond donors (Lipinski definition) is 0. The van der Waals surface area contributed by atoms with E-state index in [1.54, 1.807) is 0 Å². The molecule has 0 bridgehead atoms. The molecule has 2 heterocycles. The lowest BCUT2D eigenvalue weighted by Crippen LogP contribution is -2.00. The van der Waals surface area contributed by atoms with Crippen molar-refractivity contribution in [3.8, 4) is 34.2 Å². The summed E-state index contributed by atoms with van der Waals surface area (Å²) in [5.74, 6) is 1.98. The lowest BCUT2D eigenvalue weighted by atomic mass is 9.87. The fourth-order valence-corrected chi connectivity index (χ4v) is 7.68. The molecule has 9 aromatic rings. The highest BCUT2D eigenvalue weighted by Gasteiger charge is 2.19. The van der Waals surface area contributed by atoms with Crippen LogP contribution in [0.2, 0.25) is 0 Å². The molecule has 0 aliphatic rings. The molecule has 0 saturated carbocycles. The summed E-state index contributed by atoms with van der Waals surface area (Å²) >= 11 is 0. The van der Waals surface area contributed by atoms with Crippen molar-refractivity contribution < 1.29 is 4.42 Å². The van der Waals surface area contributed by atoms with Crippen molar-refractivity contribution in [1.82, 2.24) is 15.0 Å². The zero-order valence-corrected chi connectivity index (χ0v) is 29.1. The lowest BCUT2D eigenvalue weighted by molar-refractivity contribution is 0.673. The molecule has 0 unspecified atom stereocenters. The Kier molecular flexibility index (Phi) is 8.00. The Bertz CT molecular complexity index is 2650. The van der Waals surface area contributed by atoms with Gasteiger partial charge in [0.1, 0.15) is 11.2 Å². The first-order valence-electron chi connectivity index (χ1n) is 18.3. The van der Waals surface area contributed by atoms with Crippen molar-refractivity contribution in [2.45, 2.75) is 52.4 Å². The molecule has 7 aromatic carbocycles. The molecule has 0 amide bonds. The van der Waals surface area contributed by atoms with E-state index in [1.807, 2.05) is 42.5 Å². The average Bonchev–Trinajstić information content (AvgIpc) is 3.58. The third-order valence-corrected chi connectivity index (χ3v) is 10.3. The second-order valence-corrected chi connectivity index (χ2v) is 13.6. The molecule has 2 aromatic heterocycles. The van der Waals surface area contributed by atoms with Crippen LogP contribution in [0.15, 0.2) is 132 Å². The highest BCUT2D eigenvalue weighted by molar-refractivity contribution is 6.32. The number of benzene rings is 7. The number of nitrogens with zero attached hydrogens (tertiary/aromatic N) is 3. The summed E-state index contributed by atoms with van der Waals surface area (Å²) < 4.78 is 6.71. The van der Waals surface area contributed by atoms with Gasteiger partial charge in [-0.05, 0) is 81.9 Å². The average molecular weight is 662 g/mol. The molecular formula is C47H39N3O. The Morgan fingerprint density at radius 1 is 0.431 bits per heavy atom. The first kappa shape index (κ1) is 31.1. The molecule has 0 N–H and O–H groups in total. The van der Waals surface area contributed by atoms with E-state index in [2.05, 4.69) is 98.8 Å². The maximum absolute atomic E-state index is 6.71. The maximum atomic E-state index is 6.71. The first-order valence-corrected chi connectivity index (χ1v) is 18.3. The minimum atomic E-state index is 0.658. The van der Waals surface area contributed by atoms with Crippen molar-refractivity contribution in [3.05, 3.63) is 139 Å². The zero-order chi connectivity index (χ0) is 34.3. The topological polar surface area (TPSA) is 51.8 Å². The summed E-state index contributed by atoms with van der Waals surface area (Å²) in [6, 6.07) is 45.0. The highest BCUT2D eigenvalue weighted by atomic mass is 16.3. The number of rotatable bonds is 9. The van der Waals surface area contributed by atoms with Crippen LogP contribution in [0.5, 0.6) is 0 Å². The summed E-state index contributed by atoms with van der Waals surface area (Å²) in [6.45, 7) is 4.56. The maximum Gasteiger partial charge on any atom is 0.164 e. The molecule has 4 heteroatoms. The molecule has 0 spiro atoms. The van der Waals surface area contributed by atoms with E-state index < -0.39 is 0 Å². The third-order valence-electron chi connectivity index (χ3n) is 10.3. The van der Waals surface area contributed by atoms with Gasteiger partial charge in [0.2, 0.25) is 0 Å². The predicted octanol–water partition coefficient (Wildman–Crippen LogP) is 12.9. The number of furan rings is 1. The standard InChI is InChI=1S/C47H39N3O/c1-3-5-15-32-27-39-37-25-26-38-35-21-13-14-22-42(35)51-44(38)43(37)36-24-23-34(29-40(36)41(39)28-33(32)16-6-4-2)47-49-45(30-17-9-7-10-18-30)48-46(50-47)31-19-11-8-12-20-31/h7-14,17-29H,3-6,15-16H2,1-2H3. The Morgan fingerprint density at radius 2 is 0.922 bits per heavy atom. The molecule has 0 radical (unpaired) electrons. The second-order valence-electron chi connectivity index (χ2n) is 13.6. The van der Waals surface area contributed by atoms with E-state index in [1.165, 1.54) is 63.7 Å². The van der Waals surface area contributed by atoms with Crippen LogP contribution in [0.3, 0.4) is 0 Å². The van der Waals surface area contributed by atoms with Crippen molar-refractivity contribution in [2.24, 2.45) is 0 Å². The van der Waals surface area contributed by atoms with Gasteiger partial charge in [0.05, 0.1) is 0 Å². The number of hydrogen-bond acceptors (Lipinski definition) is 4. The van der Waals surface area contributed by atoms with Gasteiger partial charge in [-0.3, -0.25) is 0 Å². The highest BCUT2D eigenvalue weighted by Crippen LogP contribution is 2.44. The quantitative estimate of drug-likeness (QED) is 0.144. The summed E-state index contributed by atoms with van der Waals surface area (Å²) in [4.78, 5) is 15.1. The molecule has 0 aliphatic heterocycles. The number of unbranched alkanes of at least 4 members (excludes halogenated alkanes) is 2. The van der Waals surface area contributed by atoms with Gasteiger partial charge in [0.15, 0.2) is 17.5 Å². The number of aromatic nitrogens is 3. The Hall–Kier alpha value is -5.87. The molecule has 0 aliphatic carbocycles. The van der Waals surface area contributed by atoms with Gasteiger partial charge in [-0.2, -0.15) is 0 Å². The monoisotopic (exact) mass is 661 g/mol. The van der Waals surface area contributed by atoms with E-state index in [0.29, 0.717) is 17.5 Å². The van der Waals surface area contributed by atoms with Crippen molar-refractivity contribution >= 4 is 54.3 Å². The van der Waals surface area contributed by atoms with Gasteiger partial charge >= 0.3 is 0 Å². The first-order chi connectivity index (χ1) is 25.2. The summed E-state index contributed by atoms with van der Waals surface area (Å²) in [6.07, 6.45) is 6.88. The number of para-hydroxylation sites is 1. The molecule has 9 rings (SSSR count). The molecule has 0 saturated heterocycles. The van der Waals surface area contributed by atoms with Gasteiger partial charge in [-0.25, -0.2) is 15.0 Å². The van der Waals surface area contributed by atoms with Gasteiger partial charge in [0, 0.05) is 32.8 Å². The van der Waals surface area contributed by atoms with Crippen LogP contribution in [0.25, 0.3) is 88.4 Å². The molecule has 0 fully saturated rings. The zero-order valence-electron chi connectivity index (χ0n) is 29.1. The van der Waals surface area contributed by atoms with E-state index in [9.17, 15) is 0 Å². The molecule has 51 heavy (non-hydrogen) atoms. The van der Waals surface area contributed by atoms with Crippen LogP contribution in [-0.4, -0.2) is 15.0 Å². The summed E-state index contributed by atoms with van der Waals surface area (Å²) in [5, 5.41) is 9.58. The van der Waals surface area contributed by atoms with E-state index in [0.717, 1.165) is 56.9 Å². The second kappa shape index (κ2) is 13.1. The minimum Gasteiger partial charge on any atom is -0.455 e. The Labute approximate surface area is 297 Å². The van der Waals surface area contributed by atoms with Gasteiger partial charge in [0.25, 0.3) is 0 Å². The van der Waals surface area contributed by atoms with Crippen LogP contribution >= 0.6 is 0 Å². The van der Waals surface area contributed by atoms with E-state index in [4.69, 9.17) is 19.4 Å². The van der Waals surface area contributed by atoms with E-state index >= 15 is 0 Å². The summed E-state index contributed by atoms with van der Waals surface area (Å²) in [5.41, 5.74) is 7.67. The van der Waals surface area contributed by atoms with E-state index in [-0.39, 0.29) is 0 Å². The largest absolute Gasteiger partial charge is 0.455 e.